The minimum absolute atomic E-state index is 0.417. The fourth-order valence-corrected chi connectivity index (χ4v) is 1.52. The fraction of sp³-hybridized carbons (Fsp3) is 0. The van der Waals surface area contributed by atoms with Crippen molar-refractivity contribution < 1.29 is 23.1 Å². The van der Waals surface area contributed by atoms with Crippen molar-refractivity contribution in [3.8, 4) is 5.75 Å². The molecule has 2 nitrogen and oxygen atoms in total. The molecule has 0 aliphatic rings. The average molecular weight is 252 g/mol. The topological polar surface area (TPSA) is 37.3 Å². The van der Waals surface area contributed by atoms with Gasteiger partial charge in [0.2, 0.25) is 0 Å². The molecule has 0 bridgehead atoms. The maximum absolute atomic E-state index is 13.4. The molecule has 0 radical (unpaired) electrons. The number of rotatable bonds is 2. The Morgan fingerprint density at radius 2 is 1.44 bits per heavy atom. The summed E-state index contributed by atoms with van der Waals surface area (Å²) >= 11 is 0. The van der Waals surface area contributed by atoms with Gasteiger partial charge in [-0.1, -0.05) is 12.1 Å². The third-order valence-electron chi connectivity index (χ3n) is 2.43. The minimum atomic E-state index is -1.33. The zero-order valence-electron chi connectivity index (χ0n) is 8.95. The Hall–Kier alpha value is -2.30. The normalized spacial score (nSPS) is 10.4. The molecule has 92 valence electrons. The predicted octanol–water partition coefficient (Wildman–Crippen LogP) is 3.04. The lowest BCUT2D eigenvalue weighted by Gasteiger charge is -2.05. The third-order valence-corrected chi connectivity index (χ3v) is 2.43. The molecule has 0 heterocycles. The number of phenols is 1. The molecule has 2 aromatic carbocycles. The van der Waals surface area contributed by atoms with Gasteiger partial charge in [-0.3, -0.25) is 4.79 Å². The van der Waals surface area contributed by atoms with Gasteiger partial charge < -0.3 is 5.11 Å². The Bertz CT molecular complexity index is 570. The summed E-state index contributed by atoms with van der Waals surface area (Å²) in [6.45, 7) is 0. The van der Waals surface area contributed by atoms with Gasteiger partial charge in [0, 0.05) is 0 Å². The van der Waals surface area contributed by atoms with E-state index >= 15 is 0 Å². The van der Waals surface area contributed by atoms with Crippen molar-refractivity contribution >= 4 is 5.78 Å². The van der Waals surface area contributed by atoms with Gasteiger partial charge in [-0.05, 0) is 24.3 Å². The van der Waals surface area contributed by atoms with E-state index in [0.29, 0.717) is 0 Å². The Kier molecular flexibility index (Phi) is 3.06. The zero-order chi connectivity index (χ0) is 13.3. The molecular formula is C13H7F3O2. The minimum Gasteiger partial charge on any atom is -0.504 e. The van der Waals surface area contributed by atoms with Crippen LogP contribution in [0.3, 0.4) is 0 Å². The van der Waals surface area contributed by atoms with Crippen LogP contribution in [0.4, 0.5) is 13.2 Å². The smallest absolute Gasteiger partial charge is 0.199 e. The van der Waals surface area contributed by atoms with Crippen LogP contribution >= 0.6 is 0 Å². The molecule has 0 aromatic heterocycles. The van der Waals surface area contributed by atoms with E-state index in [0.717, 1.165) is 30.3 Å². The van der Waals surface area contributed by atoms with E-state index in [1.165, 1.54) is 6.07 Å². The number of phenolic OH excluding ortho intramolecular Hbond substituents is 1. The highest BCUT2D eigenvalue weighted by molar-refractivity contribution is 6.10. The first-order valence-corrected chi connectivity index (χ1v) is 4.98. The molecule has 18 heavy (non-hydrogen) atoms. The van der Waals surface area contributed by atoms with Crippen LogP contribution in [0, 0.1) is 17.5 Å². The van der Waals surface area contributed by atoms with E-state index in [1.807, 2.05) is 0 Å². The molecule has 0 unspecified atom stereocenters. The van der Waals surface area contributed by atoms with Gasteiger partial charge >= 0.3 is 0 Å². The highest BCUT2D eigenvalue weighted by Crippen LogP contribution is 2.25. The van der Waals surface area contributed by atoms with Crippen molar-refractivity contribution in [3.63, 3.8) is 0 Å². The number of carbonyl (C=O) groups is 1. The molecule has 0 aliphatic heterocycles. The monoisotopic (exact) mass is 252 g/mol. The van der Waals surface area contributed by atoms with Gasteiger partial charge in [-0.15, -0.1) is 0 Å². The van der Waals surface area contributed by atoms with Crippen molar-refractivity contribution in [2.75, 3.05) is 0 Å². The number of para-hydroxylation sites is 1. The number of ketones is 1. The maximum atomic E-state index is 13.4. The molecular weight excluding hydrogens is 245 g/mol. The summed E-state index contributed by atoms with van der Waals surface area (Å²) in [7, 11) is 0. The Morgan fingerprint density at radius 3 is 2.11 bits per heavy atom. The van der Waals surface area contributed by atoms with Gasteiger partial charge in [0.1, 0.15) is 0 Å². The molecule has 5 heteroatoms. The number of hydrogen-bond acceptors (Lipinski definition) is 2. The molecule has 0 saturated carbocycles. The second kappa shape index (κ2) is 4.52. The van der Waals surface area contributed by atoms with E-state index in [1.54, 1.807) is 0 Å². The number of hydrogen-bond donors (Lipinski definition) is 1. The highest BCUT2D eigenvalue weighted by atomic mass is 19.2. The first-order valence-electron chi connectivity index (χ1n) is 4.98. The predicted molar refractivity (Wildman–Crippen MR) is 57.9 cm³/mol. The standard InChI is InChI=1S/C13H7F3O2/c14-9-5-1-3-7(11(9)16)12(17)8-4-2-6-10(15)13(8)18/h1-6,18H. The summed E-state index contributed by atoms with van der Waals surface area (Å²) in [6.07, 6.45) is 0. The summed E-state index contributed by atoms with van der Waals surface area (Å²) in [5, 5.41) is 9.38. The fourth-order valence-electron chi connectivity index (χ4n) is 1.52. The Labute approximate surface area is 100 Å². The number of benzene rings is 2. The van der Waals surface area contributed by atoms with Crippen LogP contribution in [-0.2, 0) is 0 Å². The lowest BCUT2D eigenvalue weighted by Crippen LogP contribution is -2.06. The molecule has 0 atom stereocenters. The highest BCUT2D eigenvalue weighted by Gasteiger charge is 2.20. The second-order valence-electron chi connectivity index (χ2n) is 3.57. The Morgan fingerprint density at radius 1 is 0.889 bits per heavy atom. The van der Waals surface area contributed by atoms with Crippen molar-refractivity contribution in [2.45, 2.75) is 0 Å². The van der Waals surface area contributed by atoms with Crippen LogP contribution < -0.4 is 0 Å². The van der Waals surface area contributed by atoms with Gasteiger partial charge in [-0.2, -0.15) is 0 Å². The largest absolute Gasteiger partial charge is 0.504 e. The third kappa shape index (κ3) is 1.95. The van der Waals surface area contributed by atoms with E-state index in [9.17, 15) is 23.1 Å². The lowest BCUT2D eigenvalue weighted by molar-refractivity contribution is 0.103. The summed E-state index contributed by atoms with van der Waals surface area (Å²) in [5.41, 5.74) is -0.976. The number of halogens is 3. The van der Waals surface area contributed by atoms with Crippen LogP contribution in [-0.4, -0.2) is 10.9 Å². The summed E-state index contributed by atoms with van der Waals surface area (Å²) in [4.78, 5) is 11.9. The van der Waals surface area contributed by atoms with Gasteiger partial charge in [-0.25, -0.2) is 13.2 Å². The van der Waals surface area contributed by atoms with Crippen LogP contribution in [0.15, 0.2) is 36.4 Å². The van der Waals surface area contributed by atoms with Crippen LogP contribution in [0.5, 0.6) is 5.75 Å². The summed E-state index contributed by atoms with van der Waals surface area (Å²) in [5.74, 6) is -5.38. The van der Waals surface area contributed by atoms with Gasteiger partial charge in [0.05, 0.1) is 11.1 Å². The van der Waals surface area contributed by atoms with Crippen LogP contribution in [0.2, 0.25) is 0 Å². The molecule has 2 aromatic rings. The number of carbonyl (C=O) groups excluding carboxylic acids is 1. The Balaban J connectivity index is 2.55. The van der Waals surface area contributed by atoms with Crippen molar-refractivity contribution in [1.29, 1.82) is 0 Å². The molecule has 0 spiro atoms. The van der Waals surface area contributed by atoms with Gasteiger partial charge in [0.15, 0.2) is 29.0 Å². The number of aromatic hydroxyl groups is 1. The van der Waals surface area contributed by atoms with E-state index in [4.69, 9.17) is 0 Å². The average Bonchev–Trinajstić information content (AvgIpc) is 2.35. The molecule has 0 aliphatic carbocycles. The summed E-state index contributed by atoms with van der Waals surface area (Å²) in [6, 6.07) is 6.35. The molecule has 2 rings (SSSR count). The first kappa shape index (κ1) is 12.2. The van der Waals surface area contributed by atoms with Crippen molar-refractivity contribution in [1.82, 2.24) is 0 Å². The SMILES string of the molecule is O=C(c1cccc(F)c1O)c1cccc(F)c1F. The second-order valence-corrected chi connectivity index (χ2v) is 3.57. The van der Waals surface area contributed by atoms with Crippen LogP contribution in [0.25, 0.3) is 0 Å². The summed E-state index contributed by atoms with van der Waals surface area (Å²) < 4.78 is 39.4. The van der Waals surface area contributed by atoms with Crippen LogP contribution in [0.1, 0.15) is 15.9 Å². The van der Waals surface area contributed by atoms with E-state index in [2.05, 4.69) is 0 Å². The maximum Gasteiger partial charge on any atom is 0.199 e. The van der Waals surface area contributed by atoms with E-state index < -0.39 is 40.1 Å². The molecule has 0 amide bonds. The lowest BCUT2D eigenvalue weighted by atomic mass is 10.0. The van der Waals surface area contributed by atoms with Crippen molar-refractivity contribution in [2.24, 2.45) is 0 Å². The first-order chi connectivity index (χ1) is 8.52. The molecule has 1 N–H and O–H groups in total. The van der Waals surface area contributed by atoms with Gasteiger partial charge in [0.25, 0.3) is 0 Å². The van der Waals surface area contributed by atoms with E-state index in [-0.39, 0.29) is 0 Å². The quantitative estimate of drug-likeness (QED) is 0.834. The molecule has 0 saturated heterocycles. The zero-order valence-corrected chi connectivity index (χ0v) is 8.95. The molecule has 0 fully saturated rings. The van der Waals surface area contributed by atoms with Crippen molar-refractivity contribution in [3.05, 3.63) is 65.0 Å².